The fraction of sp³-hybridized carbons (Fsp3) is 0.0714. The maximum absolute atomic E-state index is 11.8. The summed E-state index contributed by atoms with van der Waals surface area (Å²) >= 11 is 0. The SMILES string of the molecule is Cn1cc(-c2[c]cccc2)c2ccoc2c1=O. The predicted octanol–water partition coefficient (Wildman–Crippen LogP) is 2.60. The Kier molecular flexibility index (Phi) is 2.11. The molecule has 0 atom stereocenters. The predicted molar refractivity (Wildman–Crippen MR) is 65.7 cm³/mol. The Hall–Kier alpha value is -2.29. The second kappa shape index (κ2) is 3.63. The number of pyridine rings is 1. The number of rotatable bonds is 1. The third-order valence-electron chi connectivity index (χ3n) is 2.79. The summed E-state index contributed by atoms with van der Waals surface area (Å²) < 4.78 is 6.77. The molecule has 0 bridgehead atoms. The van der Waals surface area contributed by atoms with Crippen LogP contribution in [0.3, 0.4) is 0 Å². The molecule has 1 radical (unpaired) electrons. The van der Waals surface area contributed by atoms with Crippen LogP contribution in [0.2, 0.25) is 0 Å². The molecule has 0 aliphatic rings. The molecule has 3 nitrogen and oxygen atoms in total. The lowest BCUT2D eigenvalue weighted by molar-refractivity contribution is 0.605. The zero-order valence-electron chi connectivity index (χ0n) is 9.31. The summed E-state index contributed by atoms with van der Waals surface area (Å²) in [5.41, 5.74) is 2.18. The molecule has 0 spiro atoms. The highest BCUT2D eigenvalue weighted by molar-refractivity contribution is 5.92. The number of nitrogens with zero attached hydrogens (tertiary/aromatic N) is 1. The molecule has 0 unspecified atom stereocenters. The summed E-state index contributed by atoms with van der Waals surface area (Å²) in [6.45, 7) is 0. The van der Waals surface area contributed by atoms with Crippen molar-refractivity contribution in [3.63, 3.8) is 0 Å². The van der Waals surface area contributed by atoms with Crippen LogP contribution in [-0.4, -0.2) is 4.57 Å². The fourth-order valence-electron chi connectivity index (χ4n) is 1.94. The van der Waals surface area contributed by atoms with Crippen LogP contribution in [0.4, 0.5) is 0 Å². The van der Waals surface area contributed by atoms with Gasteiger partial charge in [0.05, 0.1) is 6.26 Å². The number of fused-ring (bicyclic) bond motifs is 1. The van der Waals surface area contributed by atoms with Gasteiger partial charge < -0.3 is 8.98 Å². The molecule has 0 amide bonds. The second-order valence-corrected chi connectivity index (χ2v) is 3.90. The summed E-state index contributed by atoms with van der Waals surface area (Å²) in [5, 5.41) is 0.829. The van der Waals surface area contributed by atoms with Crippen molar-refractivity contribution in [1.82, 2.24) is 4.57 Å². The van der Waals surface area contributed by atoms with E-state index in [0.29, 0.717) is 5.58 Å². The van der Waals surface area contributed by atoms with Crippen LogP contribution in [0.15, 0.2) is 52.0 Å². The van der Waals surface area contributed by atoms with Gasteiger partial charge in [0, 0.05) is 24.2 Å². The van der Waals surface area contributed by atoms with E-state index in [1.165, 1.54) is 4.57 Å². The van der Waals surface area contributed by atoms with Gasteiger partial charge in [-0.05, 0) is 17.7 Å². The van der Waals surface area contributed by atoms with Crippen LogP contribution in [0, 0.1) is 6.07 Å². The van der Waals surface area contributed by atoms with E-state index in [9.17, 15) is 4.79 Å². The third kappa shape index (κ3) is 1.47. The lowest BCUT2D eigenvalue weighted by atomic mass is 10.0. The van der Waals surface area contributed by atoms with Crippen molar-refractivity contribution < 1.29 is 4.42 Å². The summed E-state index contributed by atoms with van der Waals surface area (Å²) in [5.74, 6) is 0. The minimum absolute atomic E-state index is 0.121. The van der Waals surface area contributed by atoms with Gasteiger partial charge in [-0.1, -0.05) is 24.3 Å². The van der Waals surface area contributed by atoms with Crippen LogP contribution in [0.5, 0.6) is 0 Å². The average Bonchev–Trinajstić information content (AvgIpc) is 2.84. The Morgan fingerprint density at radius 3 is 2.94 bits per heavy atom. The Morgan fingerprint density at radius 2 is 2.18 bits per heavy atom. The second-order valence-electron chi connectivity index (χ2n) is 3.90. The first-order valence-electron chi connectivity index (χ1n) is 5.31. The molecule has 3 heteroatoms. The van der Waals surface area contributed by atoms with Gasteiger partial charge in [-0.3, -0.25) is 4.79 Å². The highest BCUT2D eigenvalue weighted by atomic mass is 16.3. The van der Waals surface area contributed by atoms with Crippen LogP contribution in [0.25, 0.3) is 22.1 Å². The van der Waals surface area contributed by atoms with Crippen LogP contribution < -0.4 is 5.56 Å². The molecule has 3 aromatic rings. The van der Waals surface area contributed by atoms with Crippen LogP contribution in [-0.2, 0) is 7.05 Å². The van der Waals surface area contributed by atoms with Gasteiger partial charge >= 0.3 is 0 Å². The quantitative estimate of drug-likeness (QED) is 0.636. The maximum atomic E-state index is 11.8. The Labute approximate surface area is 97.9 Å². The monoisotopic (exact) mass is 224 g/mol. The first kappa shape index (κ1) is 9.90. The minimum atomic E-state index is -0.121. The standard InChI is InChI=1S/C14H10NO2/c1-15-9-12(10-5-3-2-4-6-10)11-7-8-17-13(11)14(15)16/h2-5,7-9H,1H3. The molecular weight excluding hydrogens is 214 g/mol. The molecule has 0 saturated carbocycles. The molecule has 0 saturated heterocycles. The average molecular weight is 224 g/mol. The Balaban J connectivity index is 2.42. The van der Waals surface area contributed by atoms with Gasteiger partial charge in [0.2, 0.25) is 0 Å². The Bertz CT molecular complexity index is 723. The highest BCUT2D eigenvalue weighted by Gasteiger charge is 2.10. The number of hydrogen-bond acceptors (Lipinski definition) is 2. The minimum Gasteiger partial charge on any atom is -0.458 e. The van der Waals surface area contributed by atoms with Gasteiger partial charge in [0.15, 0.2) is 5.58 Å². The lowest BCUT2D eigenvalue weighted by Crippen LogP contribution is -2.15. The van der Waals surface area contributed by atoms with E-state index in [1.54, 1.807) is 13.3 Å². The number of aromatic nitrogens is 1. The largest absolute Gasteiger partial charge is 0.458 e. The normalized spacial score (nSPS) is 10.9. The van der Waals surface area contributed by atoms with E-state index >= 15 is 0 Å². The Morgan fingerprint density at radius 1 is 1.29 bits per heavy atom. The summed E-state index contributed by atoms with van der Waals surface area (Å²) in [6.07, 6.45) is 3.35. The summed E-state index contributed by atoms with van der Waals surface area (Å²) in [6, 6.07) is 12.6. The van der Waals surface area contributed by atoms with Gasteiger partial charge in [-0.15, -0.1) is 0 Å². The number of hydrogen-bond donors (Lipinski definition) is 0. The van der Waals surface area contributed by atoms with Crippen molar-refractivity contribution in [3.8, 4) is 11.1 Å². The van der Waals surface area contributed by atoms with E-state index in [-0.39, 0.29) is 5.56 Å². The van der Waals surface area contributed by atoms with E-state index in [2.05, 4.69) is 6.07 Å². The van der Waals surface area contributed by atoms with Gasteiger partial charge in [0.25, 0.3) is 5.56 Å². The summed E-state index contributed by atoms with van der Waals surface area (Å²) in [4.78, 5) is 11.8. The smallest absolute Gasteiger partial charge is 0.293 e. The first-order chi connectivity index (χ1) is 8.27. The van der Waals surface area contributed by atoms with Gasteiger partial charge in [-0.25, -0.2) is 0 Å². The fourth-order valence-corrected chi connectivity index (χ4v) is 1.94. The van der Waals surface area contributed by atoms with Crippen molar-refractivity contribution >= 4 is 11.0 Å². The number of benzene rings is 1. The number of aryl methyl sites for hydroxylation is 1. The molecule has 0 aliphatic carbocycles. The lowest BCUT2D eigenvalue weighted by Gasteiger charge is -2.05. The van der Waals surface area contributed by atoms with Crippen molar-refractivity contribution in [2.45, 2.75) is 0 Å². The third-order valence-corrected chi connectivity index (χ3v) is 2.79. The maximum Gasteiger partial charge on any atom is 0.293 e. The van der Waals surface area contributed by atoms with E-state index < -0.39 is 0 Å². The first-order valence-corrected chi connectivity index (χ1v) is 5.31. The van der Waals surface area contributed by atoms with Crippen LogP contribution in [0.1, 0.15) is 0 Å². The molecule has 83 valence electrons. The molecular formula is C14H10NO2. The van der Waals surface area contributed by atoms with Crippen molar-refractivity contribution in [2.24, 2.45) is 7.05 Å². The molecule has 2 aromatic heterocycles. The van der Waals surface area contributed by atoms with E-state index in [0.717, 1.165) is 16.5 Å². The van der Waals surface area contributed by atoms with Crippen molar-refractivity contribution in [3.05, 3.63) is 59.2 Å². The van der Waals surface area contributed by atoms with E-state index in [4.69, 9.17) is 4.42 Å². The molecule has 3 rings (SSSR count). The number of furan rings is 1. The zero-order valence-corrected chi connectivity index (χ0v) is 9.31. The van der Waals surface area contributed by atoms with Crippen molar-refractivity contribution in [2.75, 3.05) is 0 Å². The van der Waals surface area contributed by atoms with Gasteiger partial charge in [0.1, 0.15) is 0 Å². The van der Waals surface area contributed by atoms with Gasteiger partial charge in [-0.2, -0.15) is 0 Å². The summed E-state index contributed by atoms with van der Waals surface area (Å²) in [7, 11) is 1.72. The zero-order chi connectivity index (χ0) is 11.8. The molecule has 17 heavy (non-hydrogen) atoms. The topological polar surface area (TPSA) is 35.1 Å². The molecule has 1 aromatic carbocycles. The molecule has 0 fully saturated rings. The van der Waals surface area contributed by atoms with E-state index in [1.807, 2.05) is 36.5 Å². The molecule has 0 N–H and O–H groups in total. The molecule has 2 heterocycles. The molecule has 0 aliphatic heterocycles. The van der Waals surface area contributed by atoms with Crippen LogP contribution >= 0.6 is 0 Å². The highest BCUT2D eigenvalue weighted by Crippen LogP contribution is 2.26. The van der Waals surface area contributed by atoms with Crippen molar-refractivity contribution in [1.29, 1.82) is 0 Å².